The standard InChI is InChI=1S/C13H17N5O/c1-9-5-15-4-3-10(9)6-16-13(19)12(14)11-7-17-18(2)8-11/h3-5,7-8,12H,6,14H2,1-2H3,(H,16,19). The van der Waals surface area contributed by atoms with E-state index in [2.05, 4.69) is 15.4 Å². The lowest BCUT2D eigenvalue weighted by atomic mass is 10.1. The van der Waals surface area contributed by atoms with Crippen LogP contribution < -0.4 is 11.1 Å². The van der Waals surface area contributed by atoms with Crippen molar-refractivity contribution in [3.05, 3.63) is 47.5 Å². The molecule has 1 unspecified atom stereocenters. The number of hydrogen-bond acceptors (Lipinski definition) is 4. The van der Waals surface area contributed by atoms with Gasteiger partial charge in [0, 0.05) is 37.7 Å². The predicted octanol–water partition coefficient (Wildman–Crippen LogP) is 0.440. The Bertz CT molecular complexity index is 578. The molecule has 0 fully saturated rings. The van der Waals surface area contributed by atoms with Crippen LogP contribution >= 0.6 is 0 Å². The first-order chi connectivity index (χ1) is 9.08. The summed E-state index contributed by atoms with van der Waals surface area (Å²) in [7, 11) is 1.79. The van der Waals surface area contributed by atoms with E-state index < -0.39 is 6.04 Å². The Morgan fingerprint density at radius 1 is 1.53 bits per heavy atom. The lowest BCUT2D eigenvalue weighted by molar-refractivity contribution is -0.122. The van der Waals surface area contributed by atoms with Gasteiger partial charge >= 0.3 is 0 Å². The molecule has 2 rings (SSSR count). The molecule has 100 valence electrons. The largest absolute Gasteiger partial charge is 0.350 e. The van der Waals surface area contributed by atoms with Crippen molar-refractivity contribution in [3.8, 4) is 0 Å². The quantitative estimate of drug-likeness (QED) is 0.834. The molecule has 0 saturated heterocycles. The number of carbonyl (C=O) groups excluding carboxylic acids is 1. The summed E-state index contributed by atoms with van der Waals surface area (Å²) in [4.78, 5) is 16.0. The second-order valence-corrected chi connectivity index (χ2v) is 4.44. The third kappa shape index (κ3) is 3.17. The van der Waals surface area contributed by atoms with Gasteiger partial charge in [0.15, 0.2) is 0 Å². The minimum absolute atomic E-state index is 0.218. The molecule has 0 saturated carbocycles. The van der Waals surface area contributed by atoms with E-state index in [1.807, 2.05) is 13.0 Å². The van der Waals surface area contributed by atoms with Crippen LogP contribution in [0.4, 0.5) is 0 Å². The van der Waals surface area contributed by atoms with E-state index in [1.165, 1.54) is 0 Å². The topological polar surface area (TPSA) is 85.8 Å². The molecule has 0 aliphatic heterocycles. The third-order valence-electron chi connectivity index (χ3n) is 2.96. The summed E-state index contributed by atoms with van der Waals surface area (Å²) in [6.45, 7) is 2.40. The number of nitrogens with two attached hydrogens (primary N) is 1. The number of amides is 1. The Morgan fingerprint density at radius 3 is 2.95 bits per heavy atom. The Balaban J connectivity index is 1.96. The summed E-state index contributed by atoms with van der Waals surface area (Å²) in [5, 5.41) is 6.82. The van der Waals surface area contributed by atoms with Crippen LogP contribution in [0.2, 0.25) is 0 Å². The van der Waals surface area contributed by atoms with Crippen LogP contribution in [-0.4, -0.2) is 20.7 Å². The van der Waals surface area contributed by atoms with Gasteiger partial charge < -0.3 is 11.1 Å². The van der Waals surface area contributed by atoms with Gasteiger partial charge in [0.25, 0.3) is 0 Å². The van der Waals surface area contributed by atoms with Crippen molar-refractivity contribution in [3.63, 3.8) is 0 Å². The molecule has 0 bridgehead atoms. The maximum atomic E-state index is 11.9. The van der Waals surface area contributed by atoms with Gasteiger partial charge in [-0.15, -0.1) is 0 Å². The normalized spacial score (nSPS) is 12.2. The van der Waals surface area contributed by atoms with Gasteiger partial charge in [-0.3, -0.25) is 14.5 Å². The number of carbonyl (C=O) groups is 1. The number of pyridine rings is 1. The molecule has 0 spiro atoms. The lowest BCUT2D eigenvalue weighted by Crippen LogP contribution is -2.33. The molecule has 1 atom stereocenters. The van der Waals surface area contributed by atoms with E-state index in [9.17, 15) is 4.79 Å². The fourth-order valence-corrected chi connectivity index (χ4v) is 1.74. The first-order valence-electron chi connectivity index (χ1n) is 5.99. The number of nitrogens with one attached hydrogen (secondary N) is 1. The van der Waals surface area contributed by atoms with Gasteiger partial charge in [-0.1, -0.05) is 0 Å². The molecule has 2 aromatic heterocycles. The SMILES string of the molecule is Cc1cnccc1CNC(=O)C(N)c1cnn(C)c1. The minimum Gasteiger partial charge on any atom is -0.350 e. The van der Waals surface area contributed by atoms with Crippen molar-refractivity contribution in [2.45, 2.75) is 19.5 Å². The molecule has 0 aliphatic carbocycles. The fourth-order valence-electron chi connectivity index (χ4n) is 1.74. The number of aromatic nitrogens is 3. The van der Waals surface area contributed by atoms with E-state index in [-0.39, 0.29) is 5.91 Å². The van der Waals surface area contributed by atoms with Gasteiger partial charge in [-0.25, -0.2) is 0 Å². The molecule has 2 heterocycles. The van der Waals surface area contributed by atoms with Gasteiger partial charge in [0.1, 0.15) is 6.04 Å². The number of nitrogens with zero attached hydrogens (tertiary/aromatic N) is 3. The third-order valence-corrected chi connectivity index (χ3v) is 2.96. The Kier molecular flexibility index (Phi) is 3.91. The van der Waals surface area contributed by atoms with Crippen molar-refractivity contribution in [2.75, 3.05) is 0 Å². The zero-order valence-corrected chi connectivity index (χ0v) is 11.0. The van der Waals surface area contributed by atoms with Crippen molar-refractivity contribution < 1.29 is 4.79 Å². The smallest absolute Gasteiger partial charge is 0.241 e. The highest BCUT2D eigenvalue weighted by molar-refractivity contribution is 5.82. The molecule has 3 N–H and O–H groups in total. The van der Waals surface area contributed by atoms with Crippen LogP contribution in [0.1, 0.15) is 22.7 Å². The molecule has 2 aromatic rings. The van der Waals surface area contributed by atoms with Crippen molar-refractivity contribution in [1.82, 2.24) is 20.1 Å². The van der Waals surface area contributed by atoms with Gasteiger partial charge in [0.2, 0.25) is 5.91 Å². The lowest BCUT2D eigenvalue weighted by Gasteiger charge is -2.11. The van der Waals surface area contributed by atoms with Gasteiger partial charge in [-0.2, -0.15) is 5.10 Å². The number of aryl methyl sites for hydroxylation is 2. The summed E-state index contributed by atoms with van der Waals surface area (Å²) in [6, 6.07) is 1.18. The molecule has 6 nitrogen and oxygen atoms in total. The molecular formula is C13H17N5O. The van der Waals surface area contributed by atoms with E-state index in [0.29, 0.717) is 12.1 Å². The summed E-state index contributed by atoms with van der Waals surface area (Å²) >= 11 is 0. The summed E-state index contributed by atoms with van der Waals surface area (Å²) in [5.74, 6) is -0.218. The van der Waals surface area contributed by atoms with Crippen molar-refractivity contribution in [1.29, 1.82) is 0 Å². The van der Waals surface area contributed by atoms with Crippen LogP contribution in [0.15, 0.2) is 30.9 Å². The fraction of sp³-hybridized carbons (Fsp3) is 0.308. The van der Waals surface area contributed by atoms with E-state index >= 15 is 0 Å². The average Bonchev–Trinajstić information content (AvgIpc) is 2.83. The molecule has 0 aromatic carbocycles. The van der Waals surface area contributed by atoms with Crippen molar-refractivity contribution >= 4 is 5.91 Å². The Hall–Kier alpha value is -2.21. The summed E-state index contributed by atoms with van der Waals surface area (Å²) in [6.07, 6.45) is 6.81. The van der Waals surface area contributed by atoms with E-state index in [0.717, 1.165) is 11.1 Å². The number of hydrogen-bond donors (Lipinski definition) is 2. The maximum Gasteiger partial charge on any atom is 0.241 e. The first kappa shape index (κ1) is 13.2. The maximum absolute atomic E-state index is 11.9. The predicted molar refractivity (Wildman–Crippen MR) is 71.0 cm³/mol. The molecule has 19 heavy (non-hydrogen) atoms. The average molecular weight is 259 g/mol. The van der Waals surface area contributed by atoms with Crippen LogP contribution in [0.3, 0.4) is 0 Å². The van der Waals surface area contributed by atoms with E-state index in [1.54, 1.807) is 36.5 Å². The Labute approximate surface area is 111 Å². The van der Waals surface area contributed by atoms with Crippen molar-refractivity contribution in [2.24, 2.45) is 12.8 Å². The molecule has 0 radical (unpaired) electrons. The van der Waals surface area contributed by atoms with Crippen LogP contribution in [0, 0.1) is 6.92 Å². The molecule has 1 amide bonds. The first-order valence-corrected chi connectivity index (χ1v) is 5.99. The second kappa shape index (κ2) is 5.62. The van der Waals surface area contributed by atoms with E-state index in [4.69, 9.17) is 5.73 Å². The zero-order valence-electron chi connectivity index (χ0n) is 11.0. The molecule has 6 heteroatoms. The monoisotopic (exact) mass is 259 g/mol. The molecular weight excluding hydrogens is 242 g/mol. The summed E-state index contributed by atoms with van der Waals surface area (Å²) in [5.41, 5.74) is 8.65. The van der Waals surface area contributed by atoms with Crippen LogP contribution in [-0.2, 0) is 18.4 Å². The number of rotatable bonds is 4. The van der Waals surface area contributed by atoms with Gasteiger partial charge in [0.05, 0.1) is 6.20 Å². The second-order valence-electron chi connectivity index (χ2n) is 4.44. The minimum atomic E-state index is -0.698. The van der Waals surface area contributed by atoms with Crippen LogP contribution in [0.25, 0.3) is 0 Å². The highest BCUT2D eigenvalue weighted by Gasteiger charge is 2.16. The van der Waals surface area contributed by atoms with Gasteiger partial charge in [-0.05, 0) is 24.1 Å². The zero-order chi connectivity index (χ0) is 13.8. The Morgan fingerprint density at radius 2 is 2.32 bits per heavy atom. The highest BCUT2D eigenvalue weighted by Crippen LogP contribution is 2.09. The summed E-state index contributed by atoms with van der Waals surface area (Å²) < 4.78 is 1.62. The molecule has 0 aliphatic rings. The van der Waals surface area contributed by atoms with Crippen LogP contribution in [0.5, 0.6) is 0 Å². The highest BCUT2D eigenvalue weighted by atomic mass is 16.2.